The van der Waals surface area contributed by atoms with E-state index in [0.29, 0.717) is 16.6 Å². The minimum absolute atomic E-state index is 0.153. The molecule has 13 heavy (non-hydrogen) atoms. The maximum Gasteiger partial charge on any atom is 0.253 e. The second-order valence-electron chi connectivity index (χ2n) is 2.56. The SMILES string of the molecule is CNC(=O)c1ccnc2c[nH]nc12. The van der Waals surface area contributed by atoms with E-state index in [1.165, 1.54) is 0 Å². The Hall–Kier alpha value is -1.91. The summed E-state index contributed by atoms with van der Waals surface area (Å²) in [5.41, 5.74) is 1.83. The predicted octanol–water partition coefficient (Wildman–Crippen LogP) is 0.317. The zero-order valence-corrected chi connectivity index (χ0v) is 7.03. The van der Waals surface area contributed by atoms with Gasteiger partial charge in [0.15, 0.2) is 0 Å². The van der Waals surface area contributed by atoms with Crippen LogP contribution in [0.25, 0.3) is 11.0 Å². The van der Waals surface area contributed by atoms with Crippen molar-refractivity contribution < 1.29 is 4.79 Å². The Bertz CT molecular complexity index is 448. The monoisotopic (exact) mass is 176 g/mol. The molecule has 2 heterocycles. The van der Waals surface area contributed by atoms with E-state index in [-0.39, 0.29) is 5.91 Å². The molecule has 0 aromatic carbocycles. The van der Waals surface area contributed by atoms with E-state index in [2.05, 4.69) is 20.5 Å². The quantitative estimate of drug-likeness (QED) is 0.657. The predicted molar refractivity (Wildman–Crippen MR) is 47.3 cm³/mol. The molecule has 0 spiro atoms. The van der Waals surface area contributed by atoms with Gasteiger partial charge in [0.25, 0.3) is 5.91 Å². The van der Waals surface area contributed by atoms with Crippen LogP contribution in [0, 0.1) is 0 Å². The molecule has 2 aromatic rings. The van der Waals surface area contributed by atoms with Crippen molar-refractivity contribution in [2.75, 3.05) is 7.05 Å². The van der Waals surface area contributed by atoms with Crippen molar-refractivity contribution in [2.24, 2.45) is 0 Å². The van der Waals surface area contributed by atoms with Crippen LogP contribution in [-0.2, 0) is 0 Å². The first kappa shape index (κ1) is 7.72. The summed E-state index contributed by atoms with van der Waals surface area (Å²) in [5.74, 6) is -0.153. The van der Waals surface area contributed by atoms with Crippen molar-refractivity contribution in [3.63, 3.8) is 0 Å². The maximum atomic E-state index is 11.3. The fourth-order valence-corrected chi connectivity index (χ4v) is 1.17. The number of hydrogen-bond donors (Lipinski definition) is 2. The van der Waals surface area contributed by atoms with Gasteiger partial charge in [-0.15, -0.1) is 0 Å². The van der Waals surface area contributed by atoms with Crippen molar-refractivity contribution >= 4 is 16.9 Å². The first-order chi connectivity index (χ1) is 6.33. The number of H-pyrrole nitrogens is 1. The van der Waals surface area contributed by atoms with Crippen LogP contribution in [-0.4, -0.2) is 28.1 Å². The van der Waals surface area contributed by atoms with Gasteiger partial charge < -0.3 is 5.32 Å². The van der Waals surface area contributed by atoms with Crippen molar-refractivity contribution in [1.82, 2.24) is 20.5 Å². The molecule has 0 atom stereocenters. The smallest absolute Gasteiger partial charge is 0.253 e. The number of amides is 1. The molecule has 0 unspecified atom stereocenters. The zero-order chi connectivity index (χ0) is 9.26. The van der Waals surface area contributed by atoms with Crippen LogP contribution in [0.1, 0.15) is 10.4 Å². The second-order valence-corrected chi connectivity index (χ2v) is 2.56. The average Bonchev–Trinajstić information content (AvgIpc) is 2.63. The molecule has 0 saturated heterocycles. The fourth-order valence-electron chi connectivity index (χ4n) is 1.17. The van der Waals surface area contributed by atoms with E-state index >= 15 is 0 Å². The third-order valence-corrected chi connectivity index (χ3v) is 1.80. The molecule has 2 N–H and O–H groups in total. The number of pyridine rings is 1. The van der Waals surface area contributed by atoms with Crippen molar-refractivity contribution in [1.29, 1.82) is 0 Å². The molecule has 0 aliphatic heterocycles. The Labute approximate surface area is 74.2 Å². The number of fused-ring (bicyclic) bond motifs is 1. The Balaban J connectivity index is 2.67. The van der Waals surface area contributed by atoms with Gasteiger partial charge in [0.2, 0.25) is 0 Å². The highest BCUT2D eigenvalue weighted by molar-refractivity contribution is 6.04. The van der Waals surface area contributed by atoms with Gasteiger partial charge in [-0.05, 0) is 6.07 Å². The summed E-state index contributed by atoms with van der Waals surface area (Å²) < 4.78 is 0. The van der Waals surface area contributed by atoms with E-state index in [1.807, 2.05) is 0 Å². The number of carbonyl (C=O) groups excluding carboxylic acids is 1. The van der Waals surface area contributed by atoms with E-state index in [4.69, 9.17) is 0 Å². The van der Waals surface area contributed by atoms with Crippen LogP contribution >= 0.6 is 0 Å². The van der Waals surface area contributed by atoms with Gasteiger partial charge in [-0.25, -0.2) is 0 Å². The van der Waals surface area contributed by atoms with Crippen LogP contribution in [0.3, 0.4) is 0 Å². The van der Waals surface area contributed by atoms with Crippen LogP contribution < -0.4 is 5.32 Å². The lowest BCUT2D eigenvalue weighted by Gasteiger charge is -1.98. The number of carbonyl (C=O) groups is 1. The van der Waals surface area contributed by atoms with Crippen molar-refractivity contribution in [3.05, 3.63) is 24.0 Å². The molecule has 0 fully saturated rings. The minimum Gasteiger partial charge on any atom is -0.355 e. The lowest BCUT2D eigenvalue weighted by Crippen LogP contribution is -2.18. The van der Waals surface area contributed by atoms with Gasteiger partial charge >= 0.3 is 0 Å². The van der Waals surface area contributed by atoms with Crippen LogP contribution in [0.4, 0.5) is 0 Å². The second kappa shape index (κ2) is 2.85. The maximum absolute atomic E-state index is 11.3. The Kier molecular flexibility index (Phi) is 1.70. The molecule has 66 valence electrons. The molecule has 5 nitrogen and oxygen atoms in total. The molecular weight excluding hydrogens is 168 g/mol. The topological polar surface area (TPSA) is 70.7 Å². The summed E-state index contributed by atoms with van der Waals surface area (Å²) in [4.78, 5) is 15.4. The number of nitrogens with one attached hydrogen (secondary N) is 2. The molecule has 5 heteroatoms. The highest BCUT2D eigenvalue weighted by Gasteiger charge is 2.09. The Morgan fingerprint density at radius 3 is 3.23 bits per heavy atom. The van der Waals surface area contributed by atoms with E-state index < -0.39 is 0 Å². The van der Waals surface area contributed by atoms with Crippen LogP contribution in [0.5, 0.6) is 0 Å². The molecule has 1 amide bonds. The summed E-state index contributed by atoms with van der Waals surface area (Å²) in [6, 6.07) is 1.64. The summed E-state index contributed by atoms with van der Waals surface area (Å²) in [7, 11) is 1.58. The lowest BCUT2D eigenvalue weighted by atomic mass is 10.2. The number of hydrogen-bond acceptors (Lipinski definition) is 3. The van der Waals surface area contributed by atoms with Gasteiger partial charge in [-0.1, -0.05) is 0 Å². The third-order valence-electron chi connectivity index (χ3n) is 1.80. The molecular formula is C8H8N4O. The lowest BCUT2D eigenvalue weighted by molar-refractivity contribution is 0.0964. The summed E-state index contributed by atoms with van der Waals surface area (Å²) >= 11 is 0. The molecule has 0 aliphatic rings. The normalized spacial score (nSPS) is 10.2. The van der Waals surface area contributed by atoms with Gasteiger partial charge in [0.1, 0.15) is 11.0 Å². The largest absolute Gasteiger partial charge is 0.355 e. The summed E-state index contributed by atoms with van der Waals surface area (Å²) in [6.07, 6.45) is 3.24. The average molecular weight is 176 g/mol. The van der Waals surface area contributed by atoms with Gasteiger partial charge in [-0.3, -0.25) is 14.9 Å². The van der Waals surface area contributed by atoms with E-state index in [9.17, 15) is 4.79 Å². The van der Waals surface area contributed by atoms with Gasteiger partial charge in [0.05, 0.1) is 5.56 Å². The number of aromatic amines is 1. The zero-order valence-electron chi connectivity index (χ0n) is 7.03. The first-order valence-electron chi connectivity index (χ1n) is 3.83. The number of aromatic nitrogens is 3. The number of nitrogens with zero attached hydrogens (tertiary/aromatic N) is 2. The van der Waals surface area contributed by atoms with Gasteiger partial charge in [0, 0.05) is 19.4 Å². The molecule has 2 rings (SSSR count). The summed E-state index contributed by atoms with van der Waals surface area (Å²) in [6.45, 7) is 0. The highest BCUT2D eigenvalue weighted by Crippen LogP contribution is 2.12. The molecule has 0 saturated carbocycles. The third kappa shape index (κ3) is 1.14. The minimum atomic E-state index is -0.153. The fraction of sp³-hybridized carbons (Fsp3) is 0.125. The standard InChI is InChI=1S/C8H8N4O/c1-9-8(13)5-2-3-10-6-4-11-12-7(5)6/h2-4H,1H3,(H,9,13)(H,11,12). The molecule has 0 aliphatic carbocycles. The molecule has 0 radical (unpaired) electrons. The van der Waals surface area contributed by atoms with Crippen LogP contribution in [0.2, 0.25) is 0 Å². The Morgan fingerprint density at radius 1 is 1.62 bits per heavy atom. The van der Waals surface area contributed by atoms with Gasteiger partial charge in [-0.2, -0.15) is 5.10 Å². The first-order valence-corrected chi connectivity index (χ1v) is 3.83. The summed E-state index contributed by atoms with van der Waals surface area (Å²) in [5, 5.41) is 9.15. The molecule has 2 aromatic heterocycles. The van der Waals surface area contributed by atoms with Crippen LogP contribution in [0.15, 0.2) is 18.5 Å². The Morgan fingerprint density at radius 2 is 2.46 bits per heavy atom. The highest BCUT2D eigenvalue weighted by atomic mass is 16.1. The van der Waals surface area contributed by atoms with Crippen molar-refractivity contribution in [3.8, 4) is 0 Å². The van der Waals surface area contributed by atoms with E-state index in [1.54, 1.807) is 25.5 Å². The molecule has 0 bridgehead atoms. The van der Waals surface area contributed by atoms with E-state index in [0.717, 1.165) is 0 Å². The van der Waals surface area contributed by atoms with Crippen molar-refractivity contribution in [2.45, 2.75) is 0 Å². The number of rotatable bonds is 1.